The largest absolute Gasteiger partial charge is 0.371 e. The van der Waals surface area contributed by atoms with Gasteiger partial charge in [0.05, 0.1) is 5.94 Å². The third-order valence-corrected chi connectivity index (χ3v) is 1.02. The molecule has 0 unspecified atom stereocenters. The minimum absolute atomic E-state index is 0.518. The van der Waals surface area contributed by atoms with E-state index in [2.05, 4.69) is 12.6 Å². The van der Waals surface area contributed by atoms with Gasteiger partial charge in [0.1, 0.15) is 0 Å². The molecule has 0 aromatic carbocycles. The van der Waals surface area contributed by atoms with Crippen LogP contribution < -0.4 is 5.73 Å². The van der Waals surface area contributed by atoms with Crippen LogP contribution in [0.25, 0.3) is 0 Å². The van der Waals surface area contributed by atoms with Crippen molar-refractivity contribution in [3.63, 3.8) is 0 Å². The number of thiol groups is 1. The summed E-state index contributed by atoms with van der Waals surface area (Å²) in [7, 11) is 0. The summed E-state index contributed by atoms with van der Waals surface area (Å²) in [6.07, 6.45) is 2.10. The zero-order valence-electron chi connectivity index (χ0n) is 4.97. The maximum atomic E-state index is 5.24. The molecule has 0 saturated heterocycles. The second-order valence-electron chi connectivity index (χ2n) is 1.53. The Morgan fingerprint density at radius 1 is 1.38 bits per heavy atom. The second-order valence-corrected chi connectivity index (χ2v) is 1.79. The van der Waals surface area contributed by atoms with E-state index in [1.807, 2.05) is 0 Å². The number of hydrogen-bond donors (Lipinski definition) is 2. The molecule has 0 aliphatic heterocycles. The van der Waals surface area contributed by atoms with E-state index in [0.29, 0.717) is 5.94 Å². The first-order chi connectivity index (χ1) is 3.91. The van der Waals surface area contributed by atoms with Gasteiger partial charge < -0.3 is 10.5 Å². The Morgan fingerprint density at radius 3 is 2.62 bits per heavy atom. The average molecular weight is 135 g/mol. The minimum atomic E-state index is 0.518. The summed E-state index contributed by atoms with van der Waals surface area (Å²) in [5.41, 5.74) is 5.24. The van der Waals surface area contributed by atoms with E-state index in [-0.39, 0.29) is 0 Å². The van der Waals surface area contributed by atoms with E-state index in [1.165, 1.54) is 0 Å². The fourth-order valence-electron chi connectivity index (χ4n) is 0.413. The average Bonchev–Trinajstić information content (AvgIpc) is 1.81. The van der Waals surface area contributed by atoms with Crippen LogP contribution in [0.1, 0.15) is 12.8 Å². The van der Waals surface area contributed by atoms with Gasteiger partial charge in [-0.1, -0.05) is 0 Å². The number of hydrogen-bond acceptors (Lipinski definition) is 3. The van der Waals surface area contributed by atoms with Crippen molar-refractivity contribution in [1.82, 2.24) is 0 Å². The summed E-state index contributed by atoms with van der Waals surface area (Å²) in [5.74, 6) is 0.518. The Labute approximate surface area is 55.8 Å². The van der Waals surface area contributed by atoms with Gasteiger partial charge in [-0.05, 0) is 19.4 Å². The van der Waals surface area contributed by atoms with Crippen molar-refractivity contribution < 1.29 is 4.74 Å². The normalized spacial score (nSPS) is 9.75. The number of rotatable bonds is 5. The van der Waals surface area contributed by atoms with Gasteiger partial charge in [-0.2, -0.15) is 12.6 Å². The van der Waals surface area contributed by atoms with Crippen LogP contribution >= 0.6 is 12.6 Å². The molecule has 0 atom stereocenters. The molecular formula is C5H13NOS. The molecule has 2 N–H and O–H groups in total. The molecule has 50 valence electrons. The van der Waals surface area contributed by atoms with Gasteiger partial charge in [0.2, 0.25) is 0 Å². The highest BCUT2D eigenvalue weighted by atomic mass is 32.1. The topological polar surface area (TPSA) is 35.2 Å². The van der Waals surface area contributed by atoms with Crippen LogP contribution in [0, 0.1) is 0 Å². The van der Waals surface area contributed by atoms with Crippen LogP contribution in [0.2, 0.25) is 0 Å². The predicted octanol–water partition coefficient (Wildman–Crippen LogP) is 0.629. The quantitative estimate of drug-likeness (QED) is 0.329. The van der Waals surface area contributed by atoms with Crippen molar-refractivity contribution in [2.75, 3.05) is 19.1 Å². The molecule has 0 fully saturated rings. The maximum Gasteiger partial charge on any atom is 0.0892 e. The summed E-state index contributed by atoms with van der Waals surface area (Å²) in [6.45, 7) is 1.55. The number of ether oxygens (including phenoxy) is 1. The Kier molecular flexibility index (Phi) is 7.52. The van der Waals surface area contributed by atoms with Gasteiger partial charge in [0.25, 0.3) is 0 Å². The molecule has 0 radical (unpaired) electrons. The zero-order valence-corrected chi connectivity index (χ0v) is 5.86. The van der Waals surface area contributed by atoms with E-state index in [1.54, 1.807) is 0 Å². The summed E-state index contributed by atoms with van der Waals surface area (Å²) >= 11 is 3.87. The molecule has 0 aromatic heterocycles. The molecule has 0 spiro atoms. The maximum absolute atomic E-state index is 5.24. The highest BCUT2D eigenvalue weighted by Crippen LogP contribution is 1.87. The lowest BCUT2D eigenvalue weighted by Gasteiger charge is -1.96. The van der Waals surface area contributed by atoms with Crippen LogP contribution in [0.4, 0.5) is 0 Å². The number of nitrogens with two attached hydrogens (primary N) is 1. The summed E-state index contributed by atoms with van der Waals surface area (Å²) in [5, 5.41) is 0. The lowest BCUT2D eigenvalue weighted by atomic mass is 10.3. The molecule has 2 nitrogen and oxygen atoms in total. The molecule has 0 aliphatic rings. The second kappa shape index (κ2) is 7.27. The fourth-order valence-corrected chi connectivity index (χ4v) is 0.542. The van der Waals surface area contributed by atoms with Gasteiger partial charge in [0.15, 0.2) is 0 Å². The van der Waals surface area contributed by atoms with Crippen LogP contribution in [0.15, 0.2) is 0 Å². The molecule has 0 amide bonds. The van der Waals surface area contributed by atoms with Crippen molar-refractivity contribution in [3.8, 4) is 0 Å². The third kappa shape index (κ3) is 6.27. The molecule has 8 heavy (non-hydrogen) atoms. The van der Waals surface area contributed by atoms with Gasteiger partial charge in [-0.3, -0.25) is 0 Å². The van der Waals surface area contributed by atoms with Gasteiger partial charge >= 0.3 is 0 Å². The van der Waals surface area contributed by atoms with Crippen LogP contribution in [-0.2, 0) is 4.74 Å². The Balaban J connectivity index is 2.53. The number of unbranched alkanes of at least 4 members (excludes halogenated alkanes) is 1. The lowest BCUT2D eigenvalue weighted by molar-refractivity contribution is 0.179. The lowest BCUT2D eigenvalue weighted by Crippen LogP contribution is -2.00. The Hall–Kier alpha value is 0.270. The van der Waals surface area contributed by atoms with Gasteiger partial charge in [0, 0.05) is 6.61 Å². The molecule has 0 heterocycles. The SMILES string of the molecule is NCCCCOCS. The molecule has 0 rings (SSSR count). The standard InChI is InChI=1S/C5H13NOS/c6-3-1-2-4-7-5-8/h8H,1-6H2. The molecular weight excluding hydrogens is 122 g/mol. The van der Waals surface area contributed by atoms with E-state index in [4.69, 9.17) is 10.5 Å². The van der Waals surface area contributed by atoms with E-state index in [9.17, 15) is 0 Å². The molecule has 0 saturated carbocycles. The van der Waals surface area contributed by atoms with Crippen molar-refractivity contribution in [3.05, 3.63) is 0 Å². The summed E-state index contributed by atoms with van der Waals surface area (Å²) < 4.78 is 4.94. The van der Waals surface area contributed by atoms with Crippen molar-refractivity contribution >= 4 is 12.6 Å². The van der Waals surface area contributed by atoms with E-state index >= 15 is 0 Å². The third-order valence-electron chi connectivity index (χ3n) is 0.834. The van der Waals surface area contributed by atoms with Crippen molar-refractivity contribution in [2.24, 2.45) is 5.73 Å². The van der Waals surface area contributed by atoms with Crippen molar-refractivity contribution in [2.45, 2.75) is 12.8 Å². The van der Waals surface area contributed by atoms with Crippen LogP contribution in [0.3, 0.4) is 0 Å². The Morgan fingerprint density at radius 2 is 2.12 bits per heavy atom. The fraction of sp³-hybridized carbons (Fsp3) is 1.00. The molecule has 3 heteroatoms. The minimum Gasteiger partial charge on any atom is -0.371 e. The highest BCUT2D eigenvalue weighted by Gasteiger charge is 1.82. The molecule has 0 aliphatic carbocycles. The van der Waals surface area contributed by atoms with E-state index < -0.39 is 0 Å². The Bertz CT molecular complexity index is 37.4. The monoisotopic (exact) mass is 135 g/mol. The first-order valence-corrected chi connectivity index (χ1v) is 3.43. The summed E-state index contributed by atoms with van der Waals surface area (Å²) in [6, 6.07) is 0. The predicted molar refractivity (Wildman–Crippen MR) is 38.1 cm³/mol. The zero-order chi connectivity index (χ0) is 6.24. The van der Waals surface area contributed by atoms with Crippen LogP contribution in [0.5, 0.6) is 0 Å². The first kappa shape index (κ1) is 8.27. The van der Waals surface area contributed by atoms with Gasteiger partial charge in [-0.15, -0.1) is 0 Å². The smallest absolute Gasteiger partial charge is 0.0892 e. The van der Waals surface area contributed by atoms with Crippen molar-refractivity contribution in [1.29, 1.82) is 0 Å². The molecule has 0 aromatic rings. The van der Waals surface area contributed by atoms with E-state index in [0.717, 1.165) is 26.0 Å². The van der Waals surface area contributed by atoms with Crippen LogP contribution in [-0.4, -0.2) is 19.1 Å². The highest BCUT2D eigenvalue weighted by molar-refractivity contribution is 7.80. The van der Waals surface area contributed by atoms with Gasteiger partial charge in [-0.25, -0.2) is 0 Å². The summed E-state index contributed by atoms with van der Waals surface area (Å²) in [4.78, 5) is 0. The molecule has 0 bridgehead atoms. The first-order valence-electron chi connectivity index (χ1n) is 2.80.